The highest BCUT2D eigenvalue weighted by atomic mass is 79.9. The molecule has 1 heterocycles. The number of rotatable bonds is 4. The molecule has 2 aromatic rings. The molecule has 0 radical (unpaired) electrons. The van der Waals surface area contributed by atoms with Gasteiger partial charge in [-0.25, -0.2) is 18.7 Å². The van der Waals surface area contributed by atoms with Gasteiger partial charge in [0.15, 0.2) is 11.6 Å². The van der Waals surface area contributed by atoms with Crippen molar-refractivity contribution in [3.8, 4) is 11.6 Å². The second kappa shape index (κ2) is 5.92. The molecule has 100 valence electrons. The fourth-order valence-electron chi connectivity index (χ4n) is 1.38. The van der Waals surface area contributed by atoms with E-state index in [9.17, 15) is 8.78 Å². The maximum atomic E-state index is 13.5. The Hall–Kier alpha value is -1.76. The molecule has 0 aliphatic rings. The summed E-state index contributed by atoms with van der Waals surface area (Å²) in [7, 11) is 0. The molecule has 4 nitrogen and oxygen atoms in total. The molecule has 0 atom stereocenters. The Labute approximate surface area is 117 Å². The topological polar surface area (TPSA) is 47.0 Å². The summed E-state index contributed by atoms with van der Waals surface area (Å²) in [6.45, 7) is 2.56. The lowest BCUT2D eigenvalue weighted by Gasteiger charge is -2.10. The van der Waals surface area contributed by atoms with Gasteiger partial charge in [-0.3, -0.25) is 0 Å². The Morgan fingerprint density at radius 2 is 2.11 bits per heavy atom. The van der Waals surface area contributed by atoms with Gasteiger partial charge in [0.1, 0.15) is 22.4 Å². The largest absolute Gasteiger partial charge is 0.434 e. The highest BCUT2D eigenvalue weighted by molar-refractivity contribution is 9.10. The van der Waals surface area contributed by atoms with Gasteiger partial charge in [-0.2, -0.15) is 0 Å². The van der Waals surface area contributed by atoms with Gasteiger partial charge in [0.2, 0.25) is 5.88 Å². The Bertz CT molecular complexity index is 595. The predicted octanol–water partition coefficient (Wildman–Crippen LogP) is 3.74. The molecular formula is C12H10BrF2N3O. The van der Waals surface area contributed by atoms with Crippen LogP contribution in [-0.4, -0.2) is 16.5 Å². The van der Waals surface area contributed by atoms with Gasteiger partial charge < -0.3 is 10.1 Å². The van der Waals surface area contributed by atoms with Crippen molar-refractivity contribution >= 4 is 21.7 Å². The summed E-state index contributed by atoms with van der Waals surface area (Å²) in [6, 6.07) is 2.96. The van der Waals surface area contributed by atoms with Gasteiger partial charge in [0.25, 0.3) is 0 Å². The van der Waals surface area contributed by atoms with Gasteiger partial charge in [-0.15, -0.1) is 0 Å². The molecule has 7 heteroatoms. The van der Waals surface area contributed by atoms with Crippen molar-refractivity contribution in [1.82, 2.24) is 9.97 Å². The summed E-state index contributed by atoms with van der Waals surface area (Å²) in [6.07, 6.45) is 1.27. The number of nitrogens with one attached hydrogen (secondary N) is 1. The molecule has 1 N–H and O–H groups in total. The lowest BCUT2D eigenvalue weighted by Crippen LogP contribution is -2.02. The molecule has 0 unspecified atom stereocenters. The molecule has 2 rings (SSSR count). The van der Waals surface area contributed by atoms with Gasteiger partial charge in [-0.1, -0.05) is 0 Å². The number of aromatic nitrogens is 2. The average molecular weight is 330 g/mol. The minimum absolute atomic E-state index is 0.107. The summed E-state index contributed by atoms with van der Waals surface area (Å²) in [5.74, 6) is -0.869. The van der Waals surface area contributed by atoms with Gasteiger partial charge >= 0.3 is 0 Å². The molecule has 0 aliphatic heterocycles. The molecule has 19 heavy (non-hydrogen) atoms. The normalized spacial score (nSPS) is 10.3. The first-order chi connectivity index (χ1) is 9.11. The summed E-state index contributed by atoms with van der Waals surface area (Å²) >= 11 is 3.25. The van der Waals surface area contributed by atoms with Crippen molar-refractivity contribution in [1.29, 1.82) is 0 Å². The Morgan fingerprint density at radius 3 is 2.84 bits per heavy atom. The van der Waals surface area contributed by atoms with Crippen LogP contribution in [0.5, 0.6) is 11.6 Å². The summed E-state index contributed by atoms with van der Waals surface area (Å²) in [4.78, 5) is 7.87. The Kier molecular flexibility index (Phi) is 4.26. The van der Waals surface area contributed by atoms with Gasteiger partial charge in [0.05, 0.1) is 0 Å². The molecular weight excluding hydrogens is 320 g/mol. The average Bonchev–Trinajstić information content (AvgIpc) is 2.39. The number of anilines is 1. The van der Waals surface area contributed by atoms with Crippen LogP contribution in [0.15, 0.2) is 29.0 Å². The molecule has 0 amide bonds. The van der Waals surface area contributed by atoms with E-state index in [4.69, 9.17) is 4.74 Å². The fraction of sp³-hybridized carbons (Fsp3) is 0.167. The lowest BCUT2D eigenvalue weighted by molar-refractivity contribution is 0.419. The van der Waals surface area contributed by atoms with Crippen LogP contribution in [0.4, 0.5) is 14.6 Å². The van der Waals surface area contributed by atoms with Crippen LogP contribution in [0.25, 0.3) is 0 Å². The maximum absolute atomic E-state index is 13.5. The molecule has 1 aromatic heterocycles. The molecule has 0 saturated heterocycles. The summed E-state index contributed by atoms with van der Waals surface area (Å²) in [5.41, 5.74) is 0. The second-order valence-electron chi connectivity index (χ2n) is 3.55. The maximum Gasteiger partial charge on any atom is 0.239 e. The Morgan fingerprint density at radius 1 is 1.32 bits per heavy atom. The minimum atomic E-state index is -0.670. The fourth-order valence-corrected chi connectivity index (χ4v) is 1.80. The molecule has 0 fully saturated rings. The zero-order valence-corrected chi connectivity index (χ0v) is 11.5. The van der Waals surface area contributed by atoms with Crippen molar-refractivity contribution < 1.29 is 13.5 Å². The first kappa shape index (κ1) is 13.7. The zero-order chi connectivity index (χ0) is 13.8. The monoisotopic (exact) mass is 329 g/mol. The van der Waals surface area contributed by atoms with E-state index in [-0.39, 0.29) is 11.6 Å². The lowest BCUT2D eigenvalue weighted by atomic mass is 10.3. The highest BCUT2D eigenvalue weighted by Gasteiger charge is 2.13. The highest BCUT2D eigenvalue weighted by Crippen LogP contribution is 2.32. The molecule has 0 aliphatic carbocycles. The van der Waals surface area contributed by atoms with Crippen LogP contribution < -0.4 is 10.1 Å². The molecule has 1 aromatic carbocycles. The van der Waals surface area contributed by atoms with E-state index in [2.05, 4.69) is 31.2 Å². The van der Waals surface area contributed by atoms with E-state index in [1.165, 1.54) is 6.33 Å². The van der Waals surface area contributed by atoms with E-state index in [0.717, 1.165) is 18.2 Å². The van der Waals surface area contributed by atoms with E-state index in [1.54, 1.807) is 0 Å². The minimum Gasteiger partial charge on any atom is -0.434 e. The molecule has 0 spiro atoms. The van der Waals surface area contributed by atoms with Crippen molar-refractivity contribution in [3.63, 3.8) is 0 Å². The van der Waals surface area contributed by atoms with Crippen LogP contribution in [-0.2, 0) is 0 Å². The third kappa shape index (κ3) is 3.17. The van der Waals surface area contributed by atoms with E-state index >= 15 is 0 Å². The van der Waals surface area contributed by atoms with E-state index < -0.39 is 11.6 Å². The molecule has 0 saturated carbocycles. The van der Waals surface area contributed by atoms with E-state index in [1.807, 2.05) is 6.92 Å². The third-order valence-corrected chi connectivity index (χ3v) is 2.92. The first-order valence-corrected chi connectivity index (χ1v) is 6.28. The summed E-state index contributed by atoms with van der Waals surface area (Å²) in [5, 5.41) is 2.98. The second-order valence-corrected chi connectivity index (χ2v) is 4.34. The van der Waals surface area contributed by atoms with Crippen LogP contribution in [0.3, 0.4) is 0 Å². The van der Waals surface area contributed by atoms with Crippen LogP contribution in [0.1, 0.15) is 6.92 Å². The first-order valence-electron chi connectivity index (χ1n) is 5.49. The number of ether oxygens (including phenoxy) is 1. The van der Waals surface area contributed by atoms with Crippen molar-refractivity contribution in [2.24, 2.45) is 0 Å². The molecule has 0 bridgehead atoms. The van der Waals surface area contributed by atoms with Crippen LogP contribution in [0.2, 0.25) is 0 Å². The summed E-state index contributed by atoms with van der Waals surface area (Å²) < 4.78 is 32.2. The Balaban J connectivity index is 2.33. The van der Waals surface area contributed by atoms with Crippen molar-refractivity contribution in [3.05, 3.63) is 40.6 Å². The zero-order valence-electron chi connectivity index (χ0n) is 9.95. The van der Waals surface area contributed by atoms with E-state index in [0.29, 0.717) is 16.8 Å². The number of nitrogens with zero attached hydrogens (tertiary/aromatic N) is 2. The quantitative estimate of drug-likeness (QED) is 0.928. The number of benzene rings is 1. The number of hydrogen-bond acceptors (Lipinski definition) is 4. The smallest absolute Gasteiger partial charge is 0.239 e. The third-order valence-electron chi connectivity index (χ3n) is 2.20. The number of hydrogen-bond donors (Lipinski definition) is 1. The predicted molar refractivity (Wildman–Crippen MR) is 70.3 cm³/mol. The SMILES string of the molecule is CCNc1ncnc(Oc2cc(F)ccc2F)c1Br. The van der Waals surface area contributed by atoms with Crippen LogP contribution >= 0.6 is 15.9 Å². The van der Waals surface area contributed by atoms with Crippen molar-refractivity contribution in [2.45, 2.75) is 6.92 Å². The van der Waals surface area contributed by atoms with Crippen LogP contribution in [0, 0.1) is 11.6 Å². The van der Waals surface area contributed by atoms with Gasteiger partial charge in [0, 0.05) is 12.6 Å². The van der Waals surface area contributed by atoms with Gasteiger partial charge in [-0.05, 0) is 35.0 Å². The number of halogens is 3. The van der Waals surface area contributed by atoms with Crippen molar-refractivity contribution in [2.75, 3.05) is 11.9 Å². The standard InChI is InChI=1S/C12H10BrF2N3O/c1-2-16-11-10(13)12(18-6-17-11)19-9-5-7(14)3-4-8(9)15/h3-6H,2H2,1H3,(H,16,17,18).